The van der Waals surface area contributed by atoms with Gasteiger partial charge in [0, 0.05) is 36.2 Å². The lowest BCUT2D eigenvalue weighted by Gasteiger charge is -2.14. The van der Waals surface area contributed by atoms with Crippen LogP contribution in [0.5, 0.6) is 0 Å². The fourth-order valence-corrected chi connectivity index (χ4v) is 1.95. The third-order valence-electron chi connectivity index (χ3n) is 3.13. The maximum atomic E-state index is 10.8. The molecule has 2 rings (SSSR count). The molecule has 1 heterocycles. The van der Waals surface area contributed by atoms with E-state index in [1.54, 1.807) is 17.1 Å². The van der Waals surface area contributed by atoms with Gasteiger partial charge in [0.05, 0.1) is 6.20 Å². The van der Waals surface area contributed by atoms with Gasteiger partial charge in [-0.15, -0.1) is 0 Å². The van der Waals surface area contributed by atoms with Gasteiger partial charge >= 0.3 is 6.03 Å². The van der Waals surface area contributed by atoms with Gasteiger partial charge in [0.25, 0.3) is 0 Å². The lowest BCUT2D eigenvalue weighted by molar-refractivity contribution is 0.259. The van der Waals surface area contributed by atoms with Gasteiger partial charge in [-0.3, -0.25) is 0 Å². The monoisotopic (exact) mass is 285 g/mol. The van der Waals surface area contributed by atoms with Crippen molar-refractivity contribution in [1.82, 2.24) is 15.1 Å². The Bertz CT molecular complexity index is 617. The van der Waals surface area contributed by atoms with Gasteiger partial charge < -0.3 is 16.4 Å². The number of hydrogen-bond acceptors (Lipinski definition) is 3. The Morgan fingerprint density at radius 1 is 1.48 bits per heavy atom. The van der Waals surface area contributed by atoms with Crippen molar-refractivity contribution in [3.8, 4) is 0 Å². The molecule has 1 aromatic heterocycles. The van der Waals surface area contributed by atoms with E-state index < -0.39 is 6.03 Å². The van der Waals surface area contributed by atoms with E-state index in [4.69, 9.17) is 5.73 Å². The molecule has 6 nitrogen and oxygen atoms in total. The normalized spacial score (nSPS) is 11.9. The van der Waals surface area contributed by atoms with Crippen molar-refractivity contribution in [3.63, 3.8) is 0 Å². The predicted molar refractivity (Wildman–Crippen MR) is 83.5 cm³/mol. The number of nitrogens with one attached hydrogen (secondary N) is 2. The van der Waals surface area contributed by atoms with E-state index in [0.717, 1.165) is 17.7 Å². The molecule has 0 saturated carbocycles. The molecule has 21 heavy (non-hydrogen) atoms. The van der Waals surface area contributed by atoms with E-state index in [0.29, 0.717) is 5.69 Å². The number of aromatic nitrogens is 2. The van der Waals surface area contributed by atoms with Crippen LogP contribution in [0.15, 0.2) is 43.2 Å². The molecule has 0 spiro atoms. The lowest BCUT2D eigenvalue weighted by Crippen LogP contribution is -2.20. The minimum Gasteiger partial charge on any atom is -0.351 e. The lowest BCUT2D eigenvalue weighted by atomic mass is 10.1. The Morgan fingerprint density at radius 3 is 2.76 bits per heavy atom. The standard InChI is InChI=1S/C15H19N5O/c1-3-20-10-12(9-18-20)8-17-11(2)13-4-6-14(7-5-13)19-15(16)21/h3-7,9-11,17H,1,8H2,2H3,(H3,16,19,21). The molecule has 0 saturated heterocycles. The van der Waals surface area contributed by atoms with E-state index >= 15 is 0 Å². The third kappa shape index (κ3) is 4.19. The molecule has 0 aliphatic rings. The fourth-order valence-electron chi connectivity index (χ4n) is 1.95. The molecule has 0 radical (unpaired) electrons. The van der Waals surface area contributed by atoms with Crippen LogP contribution in [0.25, 0.3) is 6.20 Å². The maximum absolute atomic E-state index is 10.8. The average molecular weight is 285 g/mol. The number of nitrogens with two attached hydrogens (primary N) is 1. The number of carbonyl (C=O) groups is 1. The van der Waals surface area contributed by atoms with Gasteiger partial charge in [-0.25, -0.2) is 9.48 Å². The summed E-state index contributed by atoms with van der Waals surface area (Å²) < 4.78 is 1.67. The summed E-state index contributed by atoms with van der Waals surface area (Å²) in [6, 6.07) is 7.18. The highest BCUT2D eigenvalue weighted by Crippen LogP contribution is 2.16. The van der Waals surface area contributed by atoms with Crippen LogP contribution < -0.4 is 16.4 Å². The SMILES string of the molecule is C=Cn1cc(CNC(C)c2ccc(NC(N)=O)cc2)cn1. The van der Waals surface area contributed by atoms with E-state index in [1.165, 1.54) is 0 Å². The summed E-state index contributed by atoms with van der Waals surface area (Å²) in [4.78, 5) is 10.8. The summed E-state index contributed by atoms with van der Waals surface area (Å²) in [5, 5.41) is 10.1. The number of carbonyl (C=O) groups excluding carboxylic acids is 1. The van der Waals surface area contributed by atoms with Crippen molar-refractivity contribution in [2.75, 3.05) is 5.32 Å². The first-order chi connectivity index (χ1) is 10.1. The van der Waals surface area contributed by atoms with Crippen LogP contribution in [-0.2, 0) is 6.54 Å². The Hall–Kier alpha value is -2.60. The van der Waals surface area contributed by atoms with E-state index in [-0.39, 0.29) is 6.04 Å². The van der Waals surface area contributed by atoms with Crippen LogP contribution in [0.2, 0.25) is 0 Å². The quantitative estimate of drug-likeness (QED) is 0.761. The van der Waals surface area contributed by atoms with E-state index in [1.807, 2.05) is 30.5 Å². The number of hydrogen-bond donors (Lipinski definition) is 3. The van der Waals surface area contributed by atoms with Gasteiger partial charge in [0.2, 0.25) is 0 Å². The third-order valence-corrected chi connectivity index (χ3v) is 3.13. The number of nitrogens with zero attached hydrogens (tertiary/aromatic N) is 2. The second-order valence-electron chi connectivity index (χ2n) is 4.73. The van der Waals surface area contributed by atoms with Crippen LogP contribution in [0.3, 0.4) is 0 Å². The number of primary amides is 1. The van der Waals surface area contributed by atoms with E-state index in [9.17, 15) is 4.79 Å². The minimum absolute atomic E-state index is 0.180. The molecule has 0 fully saturated rings. The molecule has 6 heteroatoms. The number of urea groups is 1. The van der Waals surface area contributed by atoms with Crippen molar-refractivity contribution in [2.45, 2.75) is 19.5 Å². The van der Waals surface area contributed by atoms with Crippen LogP contribution in [0, 0.1) is 0 Å². The fraction of sp³-hybridized carbons (Fsp3) is 0.200. The Balaban J connectivity index is 1.91. The number of benzene rings is 1. The molecule has 1 atom stereocenters. The molecule has 0 aliphatic carbocycles. The summed E-state index contributed by atoms with van der Waals surface area (Å²) in [7, 11) is 0. The summed E-state index contributed by atoms with van der Waals surface area (Å²) >= 11 is 0. The Kier molecular flexibility index (Phi) is 4.73. The highest BCUT2D eigenvalue weighted by Gasteiger charge is 2.06. The van der Waals surface area contributed by atoms with Gasteiger partial charge in [0.15, 0.2) is 0 Å². The zero-order valence-corrected chi connectivity index (χ0v) is 11.9. The second kappa shape index (κ2) is 6.71. The molecule has 1 aromatic carbocycles. The predicted octanol–water partition coefficient (Wildman–Crippen LogP) is 2.33. The minimum atomic E-state index is -0.562. The smallest absolute Gasteiger partial charge is 0.316 e. The molecule has 1 unspecified atom stereocenters. The largest absolute Gasteiger partial charge is 0.351 e. The van der Waals surface area contributed by atoms with Crippen molar-refractivity contribution >= 4 is 17.9 Å². The van der Waals surface area contributed by atoms with Crippen molar-refractivity contribution < 1.29 is 4.79 Å². The van der Waals surface area contributed by atoms with Crippen LogP contribution in [0.1, 0.15) is 24.1 Å². The summed E-state index contributed by atoms with van der Waals surface area (Å²) in [5.41, 5.74) is 7.97. The van der Waals surface area contributed by atoms with Gasteiger partial charge in [-0.05, 0) is 24.6 Å². The molecular formula is C15H19N5O. The van der Waals surface area contributed by atoms with Crippen LogP contribution in [0.4, 0.5) is 10.5 Å². The first kappa shape index (κ1) is 14.8. The molecular weight excluding hydrogens is 266 g/mol. The zero-order valence-electron chi connectivity index (χ0n) is 11.9. The van der Waals surface area contributed by atoms with Gasteiger partial charge in [0.1, 0.15) is 0 Å². The molecule has 2 aromatic rings. The Morgan fingerprint density at radius 2 is 2.19 bits per heavy atom. The van der Waals surface area contributed by atoms with Crippen molar-refractivity contribution in [3.05, 3.63) is 54.4 Å². The van der Waals surface area contributed by atoms with Crippen molar-refractivity contribution in [1.29, 1.82) is 0 Å². The van der Waals surface area contributed by atoms with Gasteiger partial charge in [-0.1, -0.05) is 18.7 Å². The molecule has 0 bridgehead atoms. The van der Waals surface area contributed by atoms with Crippen LogP contribution >= 0.6 is 0 Å². The second-order valence-corrected chi connectivity index (χ2v) is 4.73. The summed E-state index contributed by atoms with van der Waals surface area (Å²) in [6.07, 6.45) is 5.38. The average Bonchev–Trinajstić information content (AvgIpc) is 2.93. The first-order valence-corrected chi connectivity index (χ1v) is 6.64. The van der Waals surface area contributed by atoms with E-state index in [2.05, 4.69) is 29.2 Å². The molecule has 110 valence electrons. The summed E-state index contributed by atoms with van der Waals surface area (Å²) in [5.74, 6) is 0. The Labute approximate surface area is 123 Å². The van der Waals surface area contributed by atoms with Crippen molar-refractivity contribution in [2.24, 2.45) is 5.73 Å². The molecule has 0 aliphatic heterocycles. The number of anilines is 1. The van der Waals surface area contributed by atoms with Crippen LogP contribution in [-0.4, -0.2) is 15.8 Å². The first-order valence-electron chi connectivity index (χ1n) is 6.64. The zero-order chi connectivity index (χ0) is 15.2. The molecule has 2 amide bonds. The topological polar surface area (TPSA) is 85.0 Å². The highest BCUT2D eigenvalue weighted by atomic mass is 16.2. The summed E-state index contributed by atoms with van der Waals surface area (Å²) in [6.45, 7) is 6.45. The number of amides is 2. The highest BCUT2D eigenvalue weighted by molar-refractivity contribution is 5.87. The maximum Gasteiger partial charge on any atom is 0.316 e. The number of rotatable bonds is 6. The van der Waals surface area contributed by atoms with Gasteiger partial charge in [-0.2, -0.15) is 5.10 Å². The molecule has 4 N–H and O–H groups in total.